The zero-order valence-electron chi connectivity index (χ0n) is 16.2. The summed E-state index contributed by atoms with van der Waals surface area (Å²) in [6.45, 7) is 3.18. The number of likely N-dealkylation sites (tertiary alicyclic amines) is 1. The fourth-order valence-corrected chi connectivity index (χ4v) is 3.65. The summed E-state index contributed by atoms with van der Waals surface area (Å²) in [4.78, 5) is 27.0. The van der Waals surface area contributed by atoms with E-state index in [4.69, 9.17) is 4.74 Å². The van der Waals surface area contributed by atoms with E-state index in [9.17, 15) is 9.59 Å². The maximum Gasteiger partial charge on any atom is 0.338 e. The molecule has 1 amide bonds. The lowest BCUT2D eigenvalue weighted by Gasteiger charge is -2.35. The zero-order chi connectivity index (χ0) is 19.2. The number of esters is 1. The van der Waals surface area contributed by atoms with Crippen molar-refractivity contribution in [2.45, 2.75) is 45.1 Å². The van der Waals surface area contributed by atoms with Crippen LogP contribution in [-0.4, -0.2) is 40.5 Å². The van der Waals surface area contributed by atoms with Crippen molar-refractivity contribution in [2.24, 2.45) is 7.05 Å². The number of benzene rings is 1. The van der Waals surface area contributed by atoms with Crippen LogP contribution in [0.5, 0.6) is 0 Å². The highest BCUT2D eigenvalue weighted by molar-refractivity contribution is 5.93. The molecule has 0 N–H and O–H groups in total. The minimum Gasteiger partial charge on any atom is -0.462 e. The summed E-state index contributed by atoms with van der Waals surface area (Å²) in [6, 6.07) is 11.4. The number of rotatable bonds is 6. The molecule has 2 aromatic rings. The predicted molar refractivity (Wildman–Crippen MR) is 105 cm³/mol. The van der Waals surface area contributed by atoms with E-state index in [1.165, 1.54) is 5.56 Å². The van der Waals surface area contributed by atoms with Crippen molar-refractivity contribution in [3.05, 3.63) is 59.4 Å². The molecule has 0 bridgehead atoms. The molecule has 0 radical (unpaired) electrons. The molecule has 2 heterocycles. The summed E-state index contributed by atoms with van der Waals surface area (Å²) in [5, 5.41) is 0. The van der Waals surface area contributed by atoms with Crippen LogP contribution in [0.4, 0.5) is 0 Å². The Morgan fingerprint density at radius 1 is 1.15 bits per heavy atom. The van der Waals surface area contributed by atoms with Crippen LogP contribution in [-0.2, 0) is 18.2 Å². The lowest BCUT2D eigenvalue weighted by Crippen LogP contribution is -2.44. The number of aryl methyl sites for hydroxylation is 2. The Labute approximate surface area is 160 Å². The highest BCUT2D eigenvalue weighted by atomic mass is 16.5. The van der Waals surface area contributed by atoms with E-state index in [0.29, 0.717) is 24.3 Å². The molecule has 144 valence electrons. The second-order valence-corrected chi connectivity index (χ2v) is 7.13. The number of hydrogen-bond acceptors (Lipinski definition) is 3. The van der Waals surface area contributed by atoms with Gasteiger partial charge in [0.15, 0.2) is 0 Å². The van der Waals surface area contributed by atoms with E-state index in [0.717, 1.165) is 32.2 Å². The predicted octanol–water partition coefficient (Wildman–Crippen LogP) is 3.83. The quantitative estimate of drug-likeness (QED) is 0.728. The maximum absolute atomic E-state index is 12.9. The molecule has 0 spiro atoms. The fraction of sp³-hybridized carbons (Fsp3) is 0.455. The summed E-state index contributed by atoms with van der Waals surface area (Å²) < 4.78 is 7.32. The average Bonchev–Trinajstić information content (AvgIpc) is 3.13. The minimum atomic E-state index is -0.297. The average molecular weight is 368 g/mol. The molecular weight excluding hydrogens is 340 g/mol. The van der Waals surface area contributed by atoms with Crippen molar-refractivity contribution in [3.8, 4) is 0 Å². The molecule has 1 aromatic carbocycles. The normalized spacial score (nSPS) is 17.0. The first-order chi connectivity index (χ1) is 13.1. The third-order valence-corrected chi connectivity index (χ3v) is 5.33. The van der Waals surface area contributed by atoms with Gasteiger partial charge in [-0.2, -0.15) is 0 Å². The van der Waals surface area contributed by atoms with Crippen molar-refractivity contribution in [2.75, 3.05) is 13.2 Å². The molecule has 1 fully saturated rings. The van der Waals surface area contributed by atoms with Gasteiger partial charge >= 0.3 is 5.97 Å². The molecule has 0 saturated carbocycles. The number of nitrogens with zero attached hydrogens (tertiary/aromatic N) is 2. The van der Waals surface area contributed by atoms with Gasteiger partial charge in [0, 0.05) is 32.3 Å². The smallest absolute Gasteiger partial charge is 0.338 e. The van der Waals surface area contributed by atoms with E-state index in [-0.39, 0.29) is 17.9 Å². The Morgan fingerprint density at radius 2 is 1.93 bits per heavy atom. The third-order valence-electron chi connectivity index (χ3n) is 5.33. The lowest BCUT2D eigenvalue weighted by atomic mass is 9.99. The first-order valence-corrected chi connectivity index (χ1v) is 9.78. The second-order valence-electron chi connectivity index (χ2n) is 7.13. The topological polar surface area (TPSA) is 51.5 Å². The summed E-state index contributed by atoms with van der Waals surface area (Å²) >= 11 is 0. The van der Waals surface area contributed by atoms with Gasteiger partial charge in [-0.25, -0.2) is 4.79 Å². The molecule has 1 saturated heterocycles. The van der Waals surface area contributed by atoms with Gasteiger partial charge in [0.2, 0.25) is 0 Å². The Bertz CT molecular complexity index is 779. The summed E-state index contributed by atoms with van der Waals surface area (Å²) in [5.41, 5.74) is 2.48. The summed E-state index contributed by atoms with van der Waals surface area (Å²) in [6.07, 6.45) is 6.60. The second kappa shape index (κ2) is 8.89. The number of hydrogen-bond donors (Lipinski definition) is 0. The molecule has 1 aliphatic heterocycles. The molecule has 27 heavy (non-hydrogen) atoms. The molecule has 5 nitrogen and oxygen atoms in total. The number of amides is 1. The fourth-order valence-electron chi connectivity index (χ4n) is 3.65. The van der Waals surface area contributed by atoms with Gasteiger partial charge in [-0.05, 0) is 55.5 Å². The van der Waals surface area contributed by atoms with Gasteiger partial charge in [-0.15, -0.1) is 0 Å². The monoisotopic (exact) mass is 368 g/mol. The van der Waals surface area contributed by atoms with Crippen molar-refractivity contribution in [1.29, 1.82) is 0 Å². The van der Waals surface area contributed by atoms with Gasteiger partial charge in [-0.3, -0.25) is 4.79 Å². The third kappa shape index (κ3) is 4.59. The maximum atomic E-state index is 12.9. The number of ether oxygens (including phenoxy) is 1. The summed E-state index contributed by atoms with van der Waals surface area (Å²) in [5.74, 6) is -0.234. The molecule has 5 heteroatoms. The van der Waals surface area contributed by atoms with Gasteiger partial charge < -0.3 is 14.2 Å². The molecule has 1 aromatic heterocycles. The van der Waals surface area contributed by atoms with Gasteiger partial charge in [0.1, 0.15) is 5.69 Å². The van der Waals surface area contributed by atoms with E-state index >= 15 is 0 Å². The van der Waals surface area contributed by atoms with Crippen LogP contribution in [0.15, 0.2) is 42.6 Å². The SMILES string of the molecule is CCc1ccc(C(=O)OCCC2CCCCN2C(=O)c2cccn2C)cc1. The largest absolute Gasteiger partial charge is 0.462 e. The molecule has 1 aliphatic rings. The van der Waals surface area contributed by atoms with Crippen LogP contribution in [0.1, 0.15) is 59.0 Å². The van der Waals surface area contributed by atoms with Gasteiger partial charge in [0.05, 0.1) is 12.2 Å². The van der Waals surface area contributed by atoms with Crippen molar-refractivity contribution in [3.63, 3.8) is 0 Å². The Balaban J connectivity index is 1.55. The van der Waals surface area contributed by atoms with Crippen molar-refractivity contribution >= 4 is 11.9 Å². The first-order valence-electron chi connectivity index (χ1n) is 9.78. The summed E-state index contributed by atoms with van der Waals surface area (Å²) in [7, 11) is 1.89. The molecular formula is C22H28N2O3. The molecule has 3 rings (SSSR count). The van der Waals surface area contributed by atoms with Crippen molar-refractivity contribution in [1.82, 2.24) is 9.47 Å². The molecule has 1 atom stereocenters. The Hall–Kier alpha value is -2.56. The van der Waals surface area contributed by atoms with Crippen LogP contribution in [0.3, 0.4) is 0 Å². The molecule has 0 aliphatic carbocycles. The van der Waals surface area contributed by atoms with E-state index in [2.05, 4.69) is 6.92 Å². The van der Waals surface area contributed by atoms with E-state index in [1.807, 2.05) is 59.1 Å². The first kappa shape index (κ1) is 19.2. The van der Waals surface area contributed by atoms with E-state index < -0.39 is 0 Å². The Kier molecular flexibility index (Phi) is 6.32. The Morgan fingerprint density at radius 3 is 2.59 bits per heavy atom. The minimum absolute atomic E-state index is 0.0636. The molecule has 1 unspecified atom stereocenters. The standard InChI is InChI=1S/C22H28N2O3/c1-3-17-9-11-18(12-10-17)22(26)27-16-13-19-7-4-5-15-24(19)21(25)20-8-6-14-23(20)2/h6,8-12,14,19H,3-5,7,13,15-16H2,1-2H3. The van der Waals surface area contributed by atoms with E-state index in [1.54, 1.807) is 0 Å². The number of piperidine rings is 1. The van der Waals surface area contributed by atoms with Crippen molar-refractivity contribution < 1.29 is 14.3 Å². The van der Waals surface area contributed by atoms with Gasteiger partial charge in [-0.1, -0.05) is 19.1 Å². The number of carbonyl (C=O) groups excluding carboxylic acids is 2. The van der Waals surface area contributed by atoms with Crippen LogP contribution in [0.2, 0.25) is 0 Å². The lowest BCUT2D eigenvalue weighted by molar-refractivity contribution is 0.0406. The highest BCUT2D eigenvalue weighted by Crippen LogP contribution is 2.22. The van der Waals surface area contributed by atoms with Crippen LogP contribution in [0, 0.1) is 0 Å². The van der Waals surface area contributed by atoms with Crippen LogP contribution < -0.4 is 0 Å². The highest BCUT2D eigenvalue weighted by Gasteiger charge is 2.28. The van der Waals surface area contributed by atoms with Gasteiger partial charge in [0.25, 0.3) is 5.91 Å². The number of carbonyl (C=O) groups is 2. The zero-order valence-corrected chi connectivity index (χ0v) is 16.2. The van der Waals surface area contributed by atoms with Crippen LogP contribution in [0.25, 0.3) is 0 Å². The number of aromatic nitrogens is 1. The van der Waals surface area contributed by atoms with Crippen LogP contribution >= 0.6 is 0 Å².